The Morgan fingerprint density at radius 2 is 2.10 bits per heavy atom. The SMILES string of the molecule is CCc1c(C(=O)O)ccc(F)c1NC(=O)c1cccnc1. The number of nitrogens with one attached hydrogen (secondary N) is 1. The number of aromatic carboxylic acids is 1. The molecule has 2 aromatic rings. The Kier molecular flexibility index (Phi) is 4.27. The molecule has 6 heteroatoms. The second-order valence-corrected chi connectivity index (χ2v) is 4.30. The number of rotatable bonds is 4. The van der Waals surface area contributed by atoms with Crippen LogP contribution >= 0.6 is 0 Å². The van der Waals surface area contributed by atoms with Crippen LogP contribution in [0.15, 0.2) is 36.7 Å². The number of pyridine rings is 1. The van der Waals surface area contributed by atoms with Crippen LogP contribution in [-0.4, -0.2) is 22.0 Å². The smallest absolute Gasteiger partial charge is 0.336 e. The lowest BCUT2D eigenvalue weighted by molar-refractivity contribution is 0.0695. The van der Waals surface area contributed by atoms with Crippen LogP contribution in [0.1, 0.15) is 33.2 Å². The van der Waals surface area contributed by atoms with Gasteiger partial charge >= 0.3 is 5.97 Å². The van der Waals surface area contributed by atoms with Crippen molar-refractivity contribution in [1.29, 1.82) is 0 Å². The Labute approximate surface area is 120 Å². The van der Waals surface area contributed by atoms with E-state index in [1.165, 1.54) is 24.5 Å². The first kappa shape index (κ1) is 14.6. The molecule has 0 spiro atoms. The summed E-state index contributed by atoms with van der Waals surface area (Å²) in [6, 6.07) is 5.34. The number of carbonyl (C=O) groups is 2. The number of halogens is 1. The molecule has 0 aliphatic carbocycles. The van der Waals surface area contributed by atoms with Crippen LogP contribution in [0.25, 0.3) is 0 Å². The molecular weight excluding hydrogens is 275 g/mol. The van der Waals surface area contributed by atoms with Crippen LogP contribution in [0.4, 0.5) is 10.1 Å². The third-order valence-corrected chi connectivity index (χ3v) is 3.01. The number of benzene rings is 1. The van der Waals surface area contributed by atoms with E-state index in [0.717, 1.165) is 6.07 Å². The van der Waals surface area contributed by atoms with Crippen LogP contribution in [0, 0.1) is 5.82 Å². The van der Waals surface area contributed by atoms with Crippen molar-refractivity contribution < 1.29 is 19.1 Å². The van der Waals surface area contributed by atoms with E-state index in [4.69, 9.17) is 5.11 Å². The van der Waals surface area contributed by atoms with Crippen molar-refractivity contribution in [2.45, 2.75) is 13.3 Å². The maximum absolute atomic E-state index is 13.9. The zero-order chi connectivity index (χ0) is 15.4. The highest BCUT2D eigenvalue weighted by Crippen LogP contribution is 2.25. The minimum absolute atomic E-state index is 0.0274. The maximum Gasteiger partial charge on any atom is 0.336 e. The summed E-state index contributed by atoms with van der Waals surface area (Å²) in [6.07, 6.45) is 3.14. The molecule has 5 nitrogen and oxygen atoms in total. The van der Waals surface area contributed by atoms with E-state index in [1.54, 1.807) is 13.0 Å². The second-order valence-electron chi connectivity index (χ2n) is 4.30. The quantitative estimate of drug-likeness (QED) is 0.906. The zero-order valence-electron chi connectivity index (χ0n) is 11.3. The molecule has 0 bridgehead atoms. The van der Waals surface area contributed by atoms with Crippen molar-refractivity contribution in [2.75, 3.05) is 5.32 Å². The Bertz CT molecular complexity index is 687. The van der Waals surface area contributed by atoms with E-state index in [1.807, 2.05) is 0 Å². The normalized spacial score (nSPS) is 10.2. The first-order valence-corrected chi connectivity index (χ1v) is 6.30. The average Bonchev–Trinajstić information content (AvgIpc) is 2.49. The first-order valence-electron chi connectivity index (χ1n) is 6.30. The molecule has 2 N–H and O–H groups in total. The predicted molar refractivity (Wildman–Crippen MR) is 74.9 cm³/mol. The van der Waals surface area contributed by atoms with Crippen LogP contribution < -0.4 is 5.32 Å². The van der Waals surface area contributed by atoms with Gasteiger partial charge in [0.2, 0.25) is 0 Å². The van der Waals surface area contributed by atoms with Crippen molar-refractivity contribution in [3.63, 3.8) is 0 Å². The molecule has 0 aliphatic heterocycles. The third kappa shape index (κ3) is 3.05. The van der Waals surface area contributed by atoms with Crippen molar-refractivity contribution >= 4 is 17.6 Å². The maximum atomic E-state index is 13.9. The highest BCUT2D eigenvalue weighted by Gasteiger charge is 2.18. The van der Waals surface area contributed by atoms with Gasteiger partial charge in [-0.2, -0.15) is 0 Å². The summed E-state index contributed by atoms with van der Waals surface area (Å²) in [5, 5.41) is 11.5. The lowest BCUT2D eigenvalue weighted by Gasteiger charge is -2.13. The van der Waals surface area contributed by atoms with Gasteiger partial charge < -0.3 is 10.4 Å². The third-order valence-electron chi connectivity index (χ3n) is 3.01. The van der Waals surface area contributed by atoms with E-state index < -0.39 is 17.7 Å². The molecule has 0 radical (unpaired) electrons. The predicted octanol–water partition coefficient (Wildman–Crippen LogP) is 2.73. The molecule has 0 atom stereocenters. The molecule has 1 heterocycles. The zero-order valence-corrected chi connectivity index (χ0v) is 11.3. The van der Waals surface area contributed by atoms with Gasteiger partial charge in [-0.15, -0.1) is 0 Å². The number of amides is 1. The number of carbonyl (C=O) groups excluding carboxylic acids is 1. The lowest BCUT2D eigenvalue weighted by atomic mass is 10.0. The molecule has 0 saturated carbocycles. The average molecular weight is 288 g/mol. The van der Waals surface area contributed by atoms with Crippen molar-refractivity contribution in [1.82, 2.24) is 4.98 Å². The van der Waals surface area contributed by atoms with Gasteiger partial charge in [0.15, 0.2) is 0 Å². The number of nitrogens with zero attached hydrogens (tertiary/aromatic N) is 1. The summed E-state index contributed by atoms with van der Waals surface area (Å²) in [4.78, 5) is 27.0. The molecule has 0 aliphatic rings. The Balaban J connectivity index is 2.42. The molecule has 2 rings (SSSR count). The Morgan fingerprint density at radius 3 is 2.67 bits per heavy atom. The Morgan fingerprint density at radius 1 is 1.33 bits per heavy atom. The summed E-state index contributed by atoms with van der Waals surface area (Å²) in [6.45, 7) is 1.70. The van der Waals surface area contributed by atoms with Crippen molar-refractivity contribution in [3.05, 3.63) is 59.2 Å². The number of hydrogen-bond acceptors (Lipinski definition) is 3. The molecule has 0 saturated heterocycles. The molecule has 1 aromatic heterocycles. The molecule has 108 valence electrons. The van der Waals surface area contributed by atoms with Crippen LogP contribution in [-0.2, 0) is 6.42 Å². The summed E-state index contributed by atoms with van der Waals surface area (Å²) in [7, 11) is 0. The molecule has 21 heavy (non-hydrogen) atoms. The Hall–Kier alpha value is -2.76. The van der Waals surface area contributed by atoms with Crippen LogP contribution in [0.5, 0.6) is 0 Å². The molecular formula is C15H13FN2O3. The van der Waals surface area contributed by atoms with E-state index in [-0.39, 0.29) is 28.8 Å². The molecule has 0 fully saturated rings. The van der Waals surface area contributed by atoms with E-state index in [9.17, 15) is 14.0 Å². The number of carboxylic acid groups (broad SMARTS) is 1. The van der Waals surface area contributed by atoms with E-state index in [2.05, 4.69) is 10.3 Å². The van der Waals surface area contributed by atoms with Crippen molar-refractivity contribution in [3.8, 4) is 0 Å². The minimum Gasteiger partial charge on any atom is -0.478 e. The fraction of sp³-hybridized carbons (Fsp3) is 0.133. The first-order chi connectivity index (χ1) is 10.0. The van der Waals surface area contributed by atoms with Gasteiger partial charge in [0.1, 0.15) is 5.82 Å². The molecule has 0 unspecified atom stereocenters. The summed E-state index contributed by atoms with van der Waals surface area (Å²) in [5.74, 6) is -2.38. The monoisotopic (exact) mass is 288 g/mol. The molecule has 1 aromatic carbocycles. The van der Waals surface area contributed by atoms with Gasteiger partial charge in [-0.25, -0.2) is 9.18 Å². The van der Waals surface area contributed by atoms with Gasteiger partial charge in [-0.3, -0.25) is 9.78 Å². The van der Waals surface area contributed by atoms with Crippen LogP contribution in [0.3, 0.4) is 0 Å². The number of aromatic nitrogens is 1. The van der Waals surface area contributed by atoms with E-state index in [0.29, 0.717) is 0 Å². The van der Waals surface area contributed by atoms with Gasteiger partial charge in [0.25, 0.3) is 5.91 Å². The van der Waals surface area contributed by atoms with Gasteiger partial charge in [0, 0.05) is 12.4 Å². The number of anilines is 1. The highest BCUT2D eigenvalue weighted by molar-refractivity contribution is 6.05. The molecule has 1 amide bonds. The van der Waals surface area contributed by atoms with Crippen LogP contribution in [0.2, 0.25) is 0 Å². The summed E-state index contributed by atoms with van der Waals surface area (Å²) >= 11 is 0. The van der Waals surface area contributed by atoms with Gasteiger partial charge in [0.05, 0.1) is 16.8 Å². The minimum atomic E-state index is -1.16. The standard InChI is InChI=1S/C15H13FN2O3/c1-2-10-11(15(20)21)5-6-12(16)13(10)18-14(19)9-4-3-7-17-8-9/h3-8H,2H2,1H3,(H,18,19)(H,20,21). The topological polar surface area (TPSA) is 79.3 Å². The fourth-order valence-corrected chi connectivity index (χ4v) is 2.00. The van der Waals surface area contributed by atoms with Gasteiger partial charge in [-0.1, -0.05) is 6.92 Å². The largest absolute Gasteiger partial charge is 0.478 e. The van der Waals surface area contributed by atoms with Crippen molar-refractivity contribution in [2.24, 2.45) is 0 Å². The summed E-state index contributed by atoms with van der Waals surface area (Å²) < 4.78 is 13.9. The number of carboxylic acids is 1. The fourth-order valence-electron chi connectivity index (χ4n) is 2.00. The van der Waals surface area contributed by atoms with E-state index >= 15 is 0 Å². The summed E-state index contributed by atoms with van der Waals surface area (Å²) in [5.41, 5.74) is 0.381. The number of hydrogen-bond donors (Lipinski definition) is 2. The lowest BCUT2D eigenvalue weighted by Crippen LogP contribution is -2.16. The highest BCUT2D eigenvalue weighted by atomic mass is 19.1. The second kappa shape index (κ2) is 6.13. The van der Waals surface area contributed by atoms with Gasteiger partial charge in [-0.05, 0) is 36.2 Å².